The smallest absolute Gasteiger partial charge is 0.122 e. The van der Waals surface area contributed by atoms with Gasteiger partial charge in [0.1, 0.15) is 6.29 Å². The van der Waals surface area contributed by atoms with E-state index in [4.69, 9.17) is 9.47 Å². The molecule has 0 heterocycles. The van der Waals surface area contributed by atoms with Gasteiger partial charge in [0.15, 0.2) is 0 Å². The maximum absolute atomic E-state index is 10.4. The van der Waals surface area contributed by atoms with E-state index in [0.717, 1.165) is 19.3 Å². The maximum Gasteiger partial charge on any atom is 0.122 e. The predicted molar refractivity (Wildman–Crippen MR) is 69.3 cm³/mol. The van der Waals surface area contributed by atoms with Crippen LogP contribution in [-0.2, 0) is 14.3 Å². The summed E-state index contributed by atoms with van der Waals surface area (Å²) in [6.07, 6.45) is 2.14. The number of likely N-dealkylation sites (N-methyl/N-ethyl adjacent to an activating group) is 1. The highest BCUT2D eigenvalue weighted by atomic mass is 16.5. The van der Waals surface area contributed by atoms with Crippen molar-refractivity contribution in [3.05, 3.63) is 0 Å². The van der Waals surface area contributed by atoms with Crippen molar-refractivity contribution < 1.29 is 14.3 Å². The van der Waals surface area contributed by atoms with Crippen molar-refractivity contribution in [3.8, 4) is 0 Å². The molecule has 0 radical (unpaired) electrons. The maximum atomic E-state index is 10.4. The Morgan fingerprint density at radius 1 is 1.06 bits per heavy atom. The van der Waals surface area contributed by atoms with Crippen LogP contribution in [0.4, 0.5) is 0 Å². The molecular formula is C13H27NO3. The zero-order chi connectivity index (χ0) is 13.4. The molecule has 0 rings (SSSR count). The van der Waals surface area contributed by atoms with E-state index in [1.807, 2.05) is 20.9 Å². The largest absolute Gasteiger partial charge is 0.375 e. The highest BCUT2D eigenvalue weighted by Crippen LogP contribution is 2.18. The lowest BCUT2D eigenvalue weighted by molar-refractivity contribution is -0.115. The molecule has 0 aliphatic rings. The third kappa shape index (κ3) is 9.27. The van der Waals surface area contributed by atoms with Crippen LogP contribution in [0.15, 0.2) is 0 Å². The van der Waals surface area contributed by atoms with Crippen LogP contribution in [0, 0.1) is 0 Å². The van der Waals surface area contributed by atoms with E-state index in [2.05, 4.69) is 19.2 Å². The summed E-state index contributed by atoms with van der Waals surface area (Å²) in [6, 6.07) is 0. The molecule has 0 spiro atoms. The molecule has 0 saturated heterocycles. The van der Waals surface area contributed by atoms with Gasteiger partial charge in [-0.25, -0.2) is 0 Å². The average molecular weight is 245 g/mol. The van der Waals surface area contributed by atoms with Crippen molar-refractivity contribution in [2.24, 2.45) is 0 Å². The Kier molecular flexibility index (Phi) is 7.59. The Morgan fingerprint density at radius 2 is 1.65 bits per heavy atom. The second kappa shape index (κ2) is 7.80. The van der Waals surface area contributed by atoms with Crippen LogP contribution in [-0.4, -0.2) is 44.3 Å². The third-order valence-corrected chi connectivity index (χ3v) is 2.62. The zero-order valence-corrected chi connectivity index (χ0v) is 11.8. The van der Waals surface area contributed by atoms with Gasteiger partial charge in [-0.15, -0.1) is 0 Å². The predicted octanol–water partition coefficient (Wildman–Crippen LogP) is 1.78. The van der Waals surface area contributed by atoms with Gasteiger partial charge in [0.25, 0.3) is 0 Å². The second-order valence-corrected chi connectivity index (χ2v) is 5.44. The number of nitrogens with one attached hydrogen (secondary N) is 1. The van der Waals surface area contributed by atoms with Crippen LogP contribution in [0.25, 0.3) is 0 Å². The molecule has 1 N–H and O–H groups in total. The van der Waals surface area contributed by atoms with Crippen molar-refractivity contribution in [1.29, 1.82) is 0 Å². The third-order valence-electron chi connectivity index (χ3n) is 2.62. The molecule has 0 amide bonds. The lowest BCUT2D eigenvalue weighted by Gasteiger charge is -2.28. The summed E-state index contributed by atoms with van der Waals surface area (Å²) in [5, 5.41) is 3.04. The first-order valence-electron chi connectivity index (χ1n) is 6.19. The minimum Gasteiger partial charge on any atom is -0.375 e. The fraction of sp³-hybridized carbons (Fsp3) is 0.923. The van der Waals surface area contributed by atoms with Gasteiger partial charge in [0, 0.05) is 13.0 Å². The molecule has 0 aromatic carbocycles. The summed E-state index contributed by atoms with van der Waals surface area (Å²) in [5.74, 6) is 0. The van der Waals surface area contributed by atoms with Gasteiger partial charge in [-0.2, -0.15) is 0 Å². The number of hydrogen-bond donors (Lipinski definition) is 1. The number of carbonyl (C=O) groups excluding carboxylic acids is 1. The van der Waals surface area contributed by atoms with Crippen LogP contribution in [0.3, 0.4) is 0 Å². The highest BCUT2D eigenvalue weighted by molar-refractivity contribution is 5.51. The number of ether oxygens (including phenoxy) is 2. The van der Waals surface area contributed by atoms with Crippen LogP contribution in [0.5, 0.6) is 0 Å². The molecule has 0 aliphatic carbocycles. The molecule has 102 valence electrons. The van der Waals surface area contributed by atoms with Crippen LogP contribution in [0.2, 0.25) is 0 Å². The SMILES string of the molecule is CNCCOC(C)(C)CCOC(C)(C)CC=O. The van der Waals surface area contributed by atoms with Crippen molar-refractivity contribution in [2.75, 3.05) is 26.8 Å². The molecule has 0 bridgehead atoms. The van der Waals surface area contributed by atoms with E-state index in [1.54, 1.807) is 0 Å². The number of aldehydes is 1. The summed E-state index contributed by atoms with van der Waals surface area (Å²) < 4.78 is 11.4. The van der Waals surface area contributed by atoms with Gasteiger partial charge < -0.3 is 19.6 Å². The van der Waals surface area contributed by atoms with Gasteiger partial charge in [0.05, 0.1) is 24.4 Å². The van der Waals surface area contributed by atoms with Gasteiger partial charge in [-0.1, -0.05) is 0 Å². The lowest BCUT2D eigenvalue weighted by Crippen LogP contribution is -2.32. The van der Waals surface area contributed by atoms with E-state index >= 15 is 0 Å². The van der Waals surface area contributed by atoms with Crippen molar-refractivity contribution in [2.45, 2.75) is 51.7 Å². The van der Waals surface area contributed by atoms with Crippen LogP contribution in [0.1, 0.15) is 40.5 Å². The highest BCUT2D eigenvalue weighted by Gasteiger charge is 2.22. The summed E-state index contributed by atoms with van der Waals surface area (Å²) in [6.45, 7) is 10.1. The normalized spacial score (nSPS) is 12.8. The number of hydrogen-bond acceptors (Lipinski definition) is 4. The molecule has 0 aromatic heterocycles. The minimum atomic E-state index is -0.372. The molecule has 0 unspecified atom stereocenters. The number of rotatable bonds is 10. The van der Waals surface area contributed by atoms with Gasteiger partial charge in [-0.3, -0.25) is 0 Å². The number of carbonyl (C=O) groups is 1. The molecule has 0 aromatic rings. The van der Waals surface area contributed by atoms with Crippen LogP contribution >= 0.6 is 0 Å². The standard InChI is InChI=1S/C13H27NO3/c1-12(2,6-9-15)16-10-7-13(3,4)17-11-8-14-5/h9,14H,6-8,10-11H2,1-5H3. The first kappa shape index (κ1) is 16.6. The first-order valence-corrected chi connectivity index (χ1v) is 6.19. The van der Waals surface area contributed by atoms with Gasteiger partial charge >= 0.3 is 0 Å². The molecular weight excluding hydrogens is 218 g/mol. The Labute approximate surface area is 105 Å². The quantitative estimate of drug-likeness (QED) is 0.471. The molecule has 0 aliphatic heterocycles. The molecule has 4 heteroatoms. The fourth-order valence-corrected chi connectivity index (χ4v) is 1.33. The van der Waals surface area contributed by atoms with Crippen molar-refractivity contribution in [3.63, 3.8) is 0 Å². The molecule has 0 atom stereocenters. The Morgan fingerprint density at radius 3 is 2.18 bits per heavy atom. The summed E-state index contributed by atoms with van der Waals surface area (Å²) in [4.78, 5) is 10.4. The summed E-state index contributed by atoms with van der Waals surface area (Å²) in [5.41, 5.74) is -0.559. The van der Waals surface area contributed by atoms with Crippen LogP contribution < -0.4 is 5.32 Å². The Hall–Kier alpha value is -0.450. The van der Waals surface area contributed by atoms with E-state index < -0.39 is 0 Å². The zero-order valence-electron chi connectivity index (χ0n) is 11.8. The lowest BCUT2D eigenvalue weighted by atomic mass is 10.0. The second-order valence-electron chi connectivity index (χ2n) is 5.44. The minimum absolute atomic E-state index is 0.186. The van der Waals surface area contributed by atoms with E-state index in [1.165, 1.54) is 0 Å². The molecule has 17 heavy (non-hydrogen) atoms. The van der Waals surface area contributed by atoms with Crippen molar-refractivity contribution >= 4 is 6.29 Å². The average Bonchev–Trinajstić information content (AvgIpc) is 2.16. The summed E-state index contributed by atoms with van der Waals surface area (Å²) >= 11 is 0. The summed E-state index contributed by atoms with van der Waals surface area (Å²) in [7, 11) is 1.90. The van der Waals surface area contributed by atoms with E-state index in [0.29, 0.717) is 19.6 Å². The van der Waals surface area contributed by atoms with Gasteiger partial charge in [-0.05, 0) is 41.2 Å². The Bertz CT molecular complexity index is 215. The Balaban J connectivity index is 3.81. The van der Waals surface area contributed by atoms with E-state index in [9.17, 15) is 4.79 Å². The molecule has 4 nitrogen and oxygen atoms in total. The first-order chi connectivity index (χ1) is 7.83. The fourth-order valence-electron chi connectivity index (χ4n) is 1.33. The molecule has 0 fully saturated rings. The topological polar surface area (TPSA) is 47.6 Å². The van der Waals surface area contributed by atoms with E-state index in [-0.39, 0.29) is 11.2 Å². The van der Waals surface area contributed by atoms with Crippen molar-refractivity contribution in [1.82, 2.24) is 5.32 Å². The van der Waals surface area contributed by atoms with Gasteiger partial charge in [0.2, 0.25) is 0 Å². The monoisotopic (exact) mass is 245 g/mol. The molecule has 0 saturated carbocycles.